The van der Waals surface area contributed by atoms with Gasteiger partial charge in [0, 0.05) is 13.4 Å². The largest absolute Gasteiger partial charge is 0.478 e. The lowest BCUT2D eigenvalue weighted by Gasteiger charge is -2.17. The lowest BCUT2D eigenvalue weighted by atomic mass is 10.1. The van der Waals surface area contributed by atoms with Crippen molar-refractivity contribution in [1.82, 2.24) is 0 Å². The number of carboxylic acid groups (broad SMARTS) is 1. The maximum atomic E-state index is 12.1. The van der Waals surface area contributed by atoms with E-state index in [-0.39, 0.29) is 11.4 Å². The molecule has 1 unspecified atom stereocenters. The van der Waals surface area contributed by atoms with Crippen molar-refractivity contribution in [2.75, 3.05) is 11.8 Å². The number of hydrogen-bond acceptors (Lipinski definition) is 5. The van der Waals surface area contributed by atoms with Crippen LogP contribution in [0.4, 0.5) is 5.69 Å². The molecule has 2 aromatic rings. The van der Waals surface area contributed by atoms with E-state index in [1.807, 2.05) is 0 Å². The molecule has 0 bridgehead atoms. The summed E-state index contributed by atoms with van der Waals surface area (Å²) < 4.78 is 68.8. The molecular formula is C17H20N2O5S. The quantitative estimate of drug-likeness (QED) is 0.658. The highest BCUT2D eigenvalue weighted by Gasteiger charge is 2.23. The minimum absolute atomic E-state index is 0.170. The Balaban J connectivity index is 2.69. The van der Waals surface area contributed by atoms with Gasteiger partial charge in [-0.15, -0.1) is 0 Å². The summed E-state index contributed by atoms with van der Waals surface area (Å²) in [5.41, 5.74) is -0.856. The molecule has 0 fully saturated rings. The molecule has 0 spiro atoms. The lowest BCUT2D eigenvalue weighted by Crippen LogP contribution is -2.16. The number of ether oxygens (including phenoxy) is 1. The average molecular weight is 369 g/mol. The first-order valence-electron chi connectivity index (χ1n) is 9.58. The SMILES string of the molecule is [2H]C(Nc1cc(C(=O)O)cc(S(N)(=O)=O)c1Oc1ccccc1)C([2H])([2H])C([2H])([2H])C. The summed E-state index contributed by atoms with van der Waals surface area (Å²) in [7, 11) is -4.49. The Morgan fingerprint density at radius 2 is 2.00 bits per heavy atom. The first kappa shape index (κ1) is 12.7. The Bertz CT molecular complexity index is 1040. The van der Waals surface area contributed by atoms with Crippen molar-refractivity contribution in [3.63, 3.8) is 0 Å². The maximum absolute atomic E-state index is 12.1. The lowest BCUT2D eigenvalue weighted by molar-refractivity contribution is 0.0696. The van der Waals surface area contributed by atoms with Crippen LogP contribution in [0.1, 0.15) is 36.9 Å². The second kappa shape index (κ2) is 8.00. The zero-order valence-electron chi connectivity index (χ0n) is 18.2. The molecule has 2 aromatic carbocycles. The molecule has 0 heterocycles. The fourth-order valence-electron chi connectivity index (χ4n) is 1.94. The smallest absolute Gasteiger partial charge is 0.335 e. The number of aromatic carboxylic acids is 1. The minimum Gasteiger partial charge on any atom is -0.478 e. The zero-order chi connectivity index (χ0) is 22.9. The van der Waals surface area contributed by atoms with Gasteiger partial charge in [-0.2, -0.15) is 0 Å². The van der Waals surface area contributed by atoms with Gasteiger partial charge in [0.15, 0.2) is 5.75 Å². The first-order valence-corrected chi connectivity index (χ1v) is 8.55. The molecule has 2 rings (SSSR count). The summed E-state index contributed by atoms with van der Waals surface area (Å²) in [6, 6.07) is 9.60. The van der Waals surface area contributed by atoms with Crippen molar-refractivity contribution >= 4 is 21.7 Å². The van der Waals surface area contributed by atoms with Crippen LogP contribution in [-0.4, -0.2) is 26.0 Å². The van der Waals surface area contributed by atoms with E-state index in [9.17, 15) is 18.3 Å². The van der Waals surface area contributed by atoms with Gasteiger partial charge in [0.1, 0.15) is 10.6 Å². The van der Waals surface area contributed by atoms with Crippen LogP contribution in [0.25, 0.3) is 0 Å². The topological polar surface area (TPSA) is 119 Å². The number of nitrogens with one attached hydrogen (secondary N) is 1. The van der Waals surface area contributed by atoms with Crippen LogP contribution in [0.5, 0.6) is 11.5 Å². The molecule has 0 amide bonds. The number of primary sulfonamides is 1. The molecule has 0 aliphatic carbocycles. The Hall–Kier alpha value is -2.58. The zero-order valence-corrected chi connectivity index (χ0v) is 14.0. The molecule has 0 aliphatic rings. The van der Waals surface area contributed by atoms with Crippen LogP contribution in [0, 0.1) is 0 Å². The predicted molar refractivity (Wildman–Crippen MR) is 94.7 cm³/mol. The van der Waals surface area contributed by atoms with E-state index in [0.717, 1.165) is 19.1 Å². The standard InChI is InChI=1S/C17H20N2O5S/c1-2-3-9-19-14-10-12(17(20)21)11-15(25(18,22)23)16(14)24-13-7-5-4-6-8-13/h4-8,10-11,19H,2-3,9H2,1H3,(H,20,21)(H2,18,22,23)/i2D2,3D2,9D. The van der Waals surface area contributed by atoms with Crippen LogP contribution < -0.4 is 15.2 Å². The molecular weight excluding hydrogens is 344 g/mol. The normalized spacial score (nSPS) is 16.5. The summed E-state index contributed by atoms with van der Waals surface area (Å²) >= 11 is 0. The molecule has 4 N–H and O–H groups in total. The van der Waals surface area contributed by atoms with Gasteiger partial charge >= 0.3 is 5.97 Å². The fourth-order valence-corrected chi connectivity index (χ4v) is 2.64. The molecule has 0 aromatic heterocycles. The van der Waals surface area contributed by atoms with E-state index in [2.05, 4.69) is 5.32 Å². The maximum Gasteiger partial charge on any atom is 0.335 e. The highest BCUT2D eigenvalue weighted by atomic mass is 32.2. The van der Waals surface area contributed by atoms with E-state index >= 15 is 0 Å². The molecule has 25 heavy (non-hydrogen) atoms. The van der Waals surface area contributed by atoms with E-state index in [1.165, 1.54) is 12.1 Å². The molecule has 0 saturated heterocycles. The monoisotopic (exact) mass is 369 g/mol. The summed E-state index contributed by atoms with van der Waals surface area (Å²) in [6.45, 7) is -1.01. The molecule has 7 nitrogen and oxygen atoms in total. The third kappa shape index (κ3) is 4.94. The number of anilines is 1. The fraction of sp³-hybridized carbons (Fsp3) is 0.235. The molecule has 8 heteroatoms. The molecule has 1 atom stereocenters. The third-order valence-corrected chi connectivity index (χ3v) is 3.93. The Kier molecular flexibility index (Phi) is 4.07. The van der Waals surface area contributed by atoms with Crippen molar-refractivity contribution in [3.05, 3.63) is 48.0 Å². The van der Waals surface area contributed by atoms with Crippen LogP contribution in [0.15, 0.2) is 47.4 Å². The van der Waals surface area contributed by atoms with Gasteiger partial charge < -0.3 is 15.2 Å². The molecule has 0 aliphatic heterocycles. The minimum atomic E-state index is -4.49. The van der Waals surface area contributed by atoms with Gasteiger partial charge in [-0.05, 0) is 30.6 Å². The predicted octanol–water partition coefficient (Wildman–Crippen LogP) is 3.04. The summed E-state index contributed by atoms with van der Waals surface area (Å²) in [5, 5.41) is 16.9. The molecule has 0 radical (unpaired) electrons. The number of para-hydroxylation sites is 1. The van der Waals surface area contributed by atoms with Crippen LogP contribution in [0.3, 0.4) is 0 Å². The van der Waals surface area contributed by atoms with Gasteiger partial charge in [-0.1, -0.05) is 31.5 Å². The van der Waals surface area contributed by atoms with E-state index < -0.39 is 51.5 Å². The number of nitrogens with two attached hydrogens (primary N) is 1. The van der Waals surface area contributed by atoms with Gasteiger partial charge in [0.05, 0.1) is 11.3 Å². The van der Waals surface area contributed by atoms with Gasteiger partial charge in [0.2, 0.25) is 10.0 Å². The highest BCUT2D eigenvalue weighted by Crippen LogP contribution is 2.37. The number of hydrogen-bond donors (Lipinski definition) is 3. The third-order valence-electron chi connectivity index (χ3n) is 3.02. The van der Waals surface area contributed by atoms with Gasteiger partial charge in [-0.3, -0.25) is 0 Å². The second-order valence-corrected chi connectivity index (χ2v) is 6.33. The first-order chi connectivity index (χ1) is 13.6. The van der Waals surface area contributed by atoms with Crippen LogP contribution >= 0.6 is 0 Å². The van der Waals surface area contributed by atoms with Crippen molar-refractivity contribution < 1.29 is 29.9 Å². The Morgan fingerprint density at radius 1 is 1.32 bits per heavy atom. The van der Waals surface area contributed by atoms with Crippen LogP contribution in [-0.2, 0) is 10.0 Å². The number of carbonyl (C=O) groups is 1. The summed E-state index contributed by atoms with van der Waals surface area (Å²) in [6.07, 6.45) is -5.18. The van der Waals surface area contributed by atoms with Crippen LogP contribution in [0.2, 0.25) is 0 Å². The molecule has 0 saturated carbocycles. The Labute approximate surface area is 153 Å². The number of benzene rings is 2. The van der Waals surface area contributed by atoms with E-state index in [4.69, 9.17) is 16.7 Å². The number of rotatable bonds is 8. The number of carboxylic acids is 1. The van der Waals surface area contributed by atoms with Crippen molar-refractivity contribution in [1.29, 1.82) is 0 Å². The van der Waals surface area contributed by atoms with Crippen molar-refractivity contribution in [2.24, 2.45) is 5.14 Å². The number of sulfonamides is 1. The Morgan fingerprint density at radius 3 is 2.56 bits per heavy atom. The molecule has 134 valence electrons. The summed E-state index contributed by atoms with van der Waals surface area (Å²) in [5.74, 6) is -1.77. The van der Waals surface area contributed by atoms with Gasteiger partial charge in [0.25, 0.3) is 0 Å². The van der Waals surface area contributed by atoms with Crippen molar-refractivity contribution in [3.8, 4) is 11.5 Å². The highest BCUT2D eigenvalue weighted by molar-refractivity contribution is 7.89. The second-order valence-electron chi connectivity index (χ2n) is 4.80. The van der Waals surface area contributed by atoms with Gasteiger partial charge in [-0.25, -0.2) is 18.4 Å². The van der Waals surface area contributed by atoms with E-state index in [0.29, 0.717) is 0 Å². The van der Waals surface area contributed by atoms with E-state index in [1.54, 1.807) is 18.2 Å². The average Bonchev–Trinajstić information content (AvgIpc) is 2.61. The summed E-state index contributed by atoms with van der Waals surface area (Å²) in [4.78, 5) is 10.8. The van der Waals surface area contributed by atoms with Crippen molar-refractivity contribution in [2.45, 2.75) is 24.6 Å².